The van der Waals surface area contributed by atoms with E-state index < -0.39 is 0 Å². The van der Waals surface area contributed by atoms with Gasteiger partial charge in [0, 0.05) is 30.7 Å². The van der Waals surface area contributed by atoms with E-state index in [0.717, 1.165) is 41.2 Å². The van der Waals surface area contributed by atoms with Crippen molar-refractivity contribution in [2.24, 2.45) is 5.92 Å². The zero-order valence-corrected chi connectivity index (χ0v) is 13.5. The first-order valence-electron chi connectivity index (χ1n) is 7.16. The first kappa shape index (κ1) is 14.1. The average molecular weight is 310 g/mol. The van der Waals surface area contributed by atoms with Gasteiger partial charge in [-0.25, -0.2) is 4.98 Å². The van der Waals surface area contributed by atoms with E-state index in [9.17, 15) is 0 Å². The lowest BCUT2D eigenvalue weighted by atomic mass is 10.0. The van der Waals surface area contributed by atoms with E-state index in [1.165, 1.54) is 11.1 Å². The number of benzene rings is 1. The lowest BCUT2D eigenvalue weighted by Gasteiger charge is -2.34. The standard InChI is InChI=1S/C15H20ClN3S/c1-10(2)7-12-9-19(6-5-17-12)15-18-13-4-3-11(16)8-14(13)20-15/h3-4,8,10,12,17H,5-7,9H2,1-2H3. The molecule has 2 heterocycles. The maximum Gasteiger partial charge on any atom is 0.186 e. The van der Waals surface area contributed by atoms with Crippen LogP contribution in [0.5, 0.6) is 0 Å². The van der Waals surface area contributed by atoms with Crippen LogP contribution in [0.4, 0.5) is 5.13 Å². The average Bonchev–Trinajstić information content (AvgIpc) is 2.81. The number of rotatable bonds is 3. The fourth-order valence-corrected chi connectivity index (χ4v) is 4.02. The molecule has 1 aliphatic rings. The van der Waals surface area contributed by atoms with Crippen molar-refractivity contribution in [3.63, 3.8) is 0 Å². The Morgan fingerprint density at radius 2 is 2.35 bits per heavy atom. The lowest BCUT2D eigenvalue weighted by Crippen LogP contribution is -2.51. The van der Waals surface area contributed by atoms with Crippen molar-refractivity contribution in [1.82, 2.24) is 10.3 Å². The number of anilines is 1. The molecule has 1 N–H and O–H groups in total. The van der Waals surface area contributed by atoms with Crippen molar-refractivity contribution in [3.8, 4) is 0 Å². The summed E-state index contributed by atoms with van der Waals surface area (Å²) in [6, 6.07) is 6.49. The minimum absolute atomic E-state index is 0.569. The second kappa shape index (κ2) is 5.88. The molecule has 20 heavy (non-hydrogen) atoms. The largest absolute Gasteiger partial charge is 0.345 e. The predicted molar refractivity (Wildman–Crippen MR) is 88.1 cm³/mol. The molecule has 0 amide bonds. The number of hydrogen-bond acceptors (Lipinski definition) is 4. The number of nitrogens with one attached hydrogen (secondary N) is 1. The van der Waals surface area contributed by atoms with Gasteiger partial charge in [0.15, 0.2) is 5.13 Å². The molecule has 1 atom stereocenters. The monoisotopic (exact) mass is 309 g/mol. The van der Waals surface area contributed by atoms with Crippen LogP contribution >= 0.6 is 22.9 Å². The third-order valence-electron chi connectivity index (χ3n) is 3.62. The molecule has 1 aliphatic heterocycles. The van der Waals surface area contributed by atoms with Gasteiger partial charge in [0.25, 0.3) is 0 Å². The van der Waals surface area contributed by atoms with Crippen LogP contribution in [0.3, 0.4) is 0 Å². The van der Waals surface area contributed by atoms with Crippen molar-refractivity contribution in [1.29, 1.82) is 0 Å². The molecule has 2 aromatic rings. The molecule has 1 saturated heterocycles. The summed E-state index contributed by atoms with van der Waals surface area (Å²) in [4.78, 5) is 7.15. The maximum atomic E-state index is 6.05. The minimum atomic E-state index is 0.569. The minimum Gasteiger partial charge on any atom is -0.345 e. The summed E-state index contributed by atoms with van der Waals surface area (Å²) in [6.45, 7) is 7.67. The van der Waals surface area contributed by atoms with Gasteiger partial charge in [-0.1, -0.05) is 36.8 Å². The number of fused-ring (bicyclic) bond motifs is 1. The van der Waals surface area contributed by atoms with E-state index in [4.69, 9.17) is 16.6 Å². The van der Waals surface area contributed by atoms with Crippen molar-refractivity contribution in [3.05, 3.63) is 23.2 Å². The molecular weight excluding hydrogens is 290 g/mol. The van der Waals surface area contributed by atoms with E-state index in [-0.39, 0.29) is 0 Å². The number of nitrogens with zero attached hydrogens (tertiary/aromatic N) is 2. The lowest BCUT2D eigenvalue weighted by molar-refractivity contribution is 0.388. The zero-order valence-electron chi connectivity index (χ0n) is 11.9. The Bertz CT molecular complexity index is 596. The van der Waals surface area contributed by atoms with Gasteiger partial charge in [0.2, 0.25) is 0 Å². The summed E-state index contributed by atoms with van der Waals surface area (Å²) in [5, 5.41) is 5.51. The fourth-order valence-electron chi connectivity index (χ4n) is 2.75. The van der Waals surface area contributed by atoms with E-state index >= 15 is 0 Å². The Morgan fingerprint density at radius 1 is 1.50 bits per heavy atom. The van der Waals surface area contributed by atoms with Gasteiger partial charge in [0.05, 0.1) is 10.2 Å². The molecule has 1 aromatic heterocycles. The van der Waals surface area contributed by atoms with Crippen LogP contribution in [0.2, 0.25) is 5.02 Å². The van der Waals surface area contributed by atoms with Gasteiger partial charge in [-0.3, -0.25) is 0 Å². The number of piperazine rings is 1. The van der Waals surface area contributed by atoms with Gasteiger partial charge in [-0.2, -0.15) is 0 Å². The van der Waals surface area contributed by atoms with Crippen molar-refractivity contribution >= 4 is 38.3 Å². The van der Waals surface area contributed by atoms with Crippen molar-refractivity contribution < 1.29 is 0 Å². The van der Waals surface area contributed by atoms with Crippen molar-refractivity contribution in [2.75, 3.05) is 24.5 Å². The Hall–Kier alpha value is -0.840. The summed E-state index contributed by atoms with van der Waals surface area (Å²) in [5.41, 5.74) is 1.05. The van der Waals surface area contributed by atoms with E-state index in [0.29, 0.717) is 6.04 Å². The van der Waals surface area contributed by atoms with Crippen LogP contribution < -0.4 is 10.2 Å². The Labute approximate surface area is 128 Å². The second-order valence-electron chi connectivity index (χ2n) is 5.84. The molecule has 5 heteroatoms. The van der Waals surface area contributed by atoms with Gasteiger partial charge in [-0.05, 0) is 30.5 Å². The van der Waals surface area contributed by atoms with Gasteiger partial charge >= 0.3 is 0 Å². The quantitative estimate of drug-likeness (QED) is 0.935. The number of hydrogen-bond donors (Lipinski definition) is 1. The number of thiazole rings is 1. The molecule has 3 rings (SSSR count). The van der Waals surface area contributed by atoms with Crippen LogP contribution in [0, 0.1) is 5.92 Å². The third kappa shape index (κ3) is 3.08. The van der Waals surface area contributed by atoms with E-state index in [1.807, 2.05) is 18.2 Å². The Balaban J connectivity index is 1.79. The highest BCUT2D eigenvalue weighted by Gasteiger charge is 2.22. The highest BCUT2D eigenvalue weighted by Crippen LogP contribution is 2.31. The summed E-state index contributed by atoms with van der Waals surface area (Å²) in [7, 11) is 0. The predicted octanol–water partition coefficient (Wildman–Crippen LogP) is 3.77. The Kier molecular flexibility index (Phi) is 4.15. The highest BCUT2D eigenvalue weighted by molar-refractivity contribution is 7.22. The van der Waals surface area contributed by atoms with E-state index in [1.54, 1.807) is 11.3 Å². The topological polar surface area (TPSA) is 28.2 Å². The number of halogens is 1. The molecule has 0 saturated carbocycles. The molecule has 1 aromatic carbocycles. The summed E-state index contributed by atoms with van der Waals surface area (Å²) in [5.74, 6) is 0.724. The van der Waals surface area contributed by atoms with Gasteiger partial charge in [-0.15, -0.1) is 0 Å². The van der Waals surface area contributed by atoms with Crippen LogP contribution in [-0.4, -0.2) is 30.7 Å². The Morgan fingerprint density at radius 3 is 3.15 bits per heavy atom. The first-order valence-corrected chi connectivity index (χ1v) is 8.35. The molecule has 108 valence electrons. The summed E-state index contributed by atoms with van der Waals surface area (Å²) < 4.78 is 1.17. The van der Waals surface area contributed by atoms with E-state index in [2.05, 4.69) is 24.1 Å². The molecule has 0 spiro atoms. The molecule has 0 aliphatic carbocycles. The SMILES string of the molecule is CC(C)CC1CN(c2nc3ccc(Cl)cc3s2)CCN1. The molecular formula is C15H20ClN3S. The van der Waals surface area contributed by atoms with Crippen LogP contribution in [0.25, 0.3) is 10.2 Å². The third-order valence-corrected chi connectivity index (χ3v) is 4.94. The highest BCUT2D eigenvalue weighted by atomic mass is 35.5. The summed E-state index contributed by atoms with van der Waals surface area (Å²) in [6.07, 6.45) is 1.22. The molecule has 3 nitrogen and oxygen atoms in total. The van der Waals surface area contributed by atoms with Crippen LogP contribution in [0.15, 0.2) is 18.2 Å². The first-order chi connectivity index (χ1) is 9.61. The normalized spacial score (nSPS) is 20.0. The zero-order chi connectivity index (χ0) is 14.1. The number of aromatic nitrogens is 1. The molecule has 0 radical (unpaired) electrons. The molecule has 0 bridgehead atoms. The van der Waals surface area contributed by atoms with Crippen LogP contribution in [0.1, 0.15) is 20.3 Å². The fraction of sp³-hybridized carbons (Fsp3) is 0.533. The van der Waals surface area contributed by atoms with Crippen LogP contribution in [-0.2, 0) is 0 Å². The van der Waals surface area contributed by atoms with Gasteiger partial charge in [0.1, 0.15) is 0 Å². The summed E-state index contributed by atoms with van der Waals surface area (Å²) >= 11 is 7.79. The van der Waals surface area contributed by atoms with Gasteiger partial charge < -0.3 is 10.2 Å². The van der Waals surface area contributed by atoms with Crippen molar-refractivity contribution in [2.45, 2.75) is 26.3 Å². The molecule has 1 unspecified atom stereocenters. The molecule has 1 fully saturated rings. The second-order valence-corrected chi connectivity index (χ2v) is 7.28. The maximum absolute atomic E-state index is 6.05. The smallest absolute Gasteiger partial charge is 0.186 e.